The van der Waals surface area contributed by atoms with Crippen molar-refractivity contribution in [1.82, 2.24) is 0 Å². The van der Waals surface area contributed by atoms with E-state index in [2.05, 4.69) is 0 Å². The molecule has 3 atom stereocenters. The van der Waals surface area contributed by atoms with Crippen molar-refractivity contribution in [2.45, 2.75) is 25.4 Å². The van der Waals surface area contributed by atoms with Gasteiger partial charge in [0.25, 0.3) is 0 Å². The molecule has 102 valence electrons. The summed E-state index contributed by atoms with van der Waals surface area (Å²) < 4.78 is 10.5. The van der Waals surface area contributed by atoms with Crippen LogP contribution in [0.5, 0.6) is 11.5 Å². The predicted molar refractivity (Wildman–Crippen MR) is 69.7 cm³/mol. The minimum Gasteiger partial charge on any atom is -0.493 e. The summed E-state index contributed by atoms with van der Waals surface area (Å²) in [6.07, 6.45) is 1.32. The Kier molecular flexibility index (Phi) is 2.61. The van der Waals surface area contributed by atoms with Gasteiger partial charge in [-0.25, -0.2) is 0 Å². The number of benzene rings is 1. The van der Waals surface area contributed by atoms with Gasteiger partial charge < -0.3 is 14.6 Å². The Morgan fingerprint density at radius 2 is 1.89 bits per heavy atom. The summed E-state index contributed by atoms with van der Waals surface area (Å²) in [6.45, 7) is 2.02. The van der Waals surface area contributed by atoms with E-state index < -0.39 is 5.60 Å². The maximum atomic E-state index is 12.2. The van der Waals surface area contributed by atoms with Crippen molar-refractivity contribution in [3.8, 4) is 11.5 Å². The van der Waals surface area contributed by atoms with Crippen molar-refractivity contribution in [2.75, 3.05) is 14.2 Å². The van der Waals surface area contributed by atoms with Crippen molar-refractivity contribution in [3.63, 3.8) is 0 Å². The van der Waals surface area contributed by atoms with Crippen molar-refractivity contribution in [1.29, 1.82) is 0 Å². The summed E-state index contributed by atoms with van der Waals surface area (Å²) in [5.74, 6) is 1.38. The standard InChI is InChI=1S/C15H18O4/c1-8-4-9-5-12(16)10-6-13(18-2)14(19-3)7-11(10)15(8,9)17/h6-9,17H,4-5H2,1-3H3/t8-,9+,15-/m0/s1. The van der Waals surface area contributed by atoms with Gasteiger partial charge in [-0.05, 0) is 36.0 Å². The molecule has 2 aliphatic rings. The van der Waals surface area contributed by atoms with E-state index in [4.69, 9.17) is 9.47 Å². The molecule has 0 unspecified atom stereocenters. The Morgan fingerprint density at radius 1 is 1.26 bits per heavy atom. The molecule has 4 nitrogen and oxygen atoms in total. The smallest absolute Gasteiger partial charge is 0.163 e. The molecule has 1 aromatic carbocycles. The minimum absolute atomic E-state index is 0.0422. The molecule has 0 heterocycles. The lowest BCUT2D eigenvalue weighted by Gasteiger charge is -2.54. The second-order valence-electron chi connectivity index (χ2n) is 5.54. The van der Waals surface area contributed by atoms with Crippen molar-refractivity contribution < 1.29 is 19.4 Å². The van der Waals surface area contributed by atoms with Gasteiger partial charge in [-0.1, -0.05) is 6.92 Å². The van der Waals surface area contributed by atoms with Crippen LogP contribution in [0.1, 0.15) is 35.7 Å². The van der Waals surface area contributed by atoms with E-state index in [-0.39, 0.29) is 17.6 Å². The third kappa shape index (κ3) is 1.46. The predicted octanol–water partition coefficient (Wildman–Crippen LogP) is 2.13. The monoisotopic (exact) mass is 262 g/mol. The lowest BCUT2D eigenvalue weighted by atomic mass is 9.53. The minimum atomic E-state index is -0.886. The van der Waals surface area contributed by atoms with E-state index in [9.17, 15) is 9.90 Å². The second-order valence-corrected chi connectivity index (χ2v) is 5.54. The van der Waals surface area contributed by atoms with Crippen LogP contribution in [0.2, 0.25) is 0 Å². The Bertz CT molecular complexity index is 551. The normalized spacial score (nSPS) is 32.1. The largest absolute Gasteiger partial charge is 0.493 e. The number of hydrogen-bond donors (Lipinski definition) is 1. The molecule has 19 heavy (non-hydrogen) atoms. The van der Waals surface area contributed by atoms with Crippen LogP contribution in [0.25, 0.3) is 0 Å². The molecule has 0 spiro atoms. The summed E-state index contributed by atoms with van der Waals surface area (Å²) in [4.78, 5) is 12.2. The van der Waals surface area contributed by atoms with Gasteiger partial charge in [0.2, 0.25) is 0 Å². The highest BCUT2D eigenvalue weighted by molar-refractivity contribution is 6.00. The highest BCUT2D eigenvalue weighted by atomic mass is 16.5. The topological polar surface area (TPSA) is 55.8 Å². The third-order valence-corrected chi connectivity index (χ3v) is 4.70. The molecule has 0 aliphatic heterocycles. The molecule has 1 saturated carbocycles. The molecule has 1 fully saturated rings. The second kappa shape index (κ2) is 3.97. The number of methoxy groups -OCH3 is 2. The number of Topliss-reactive ketones (excluding diaryl/α,β-unsaturated/α-hetero) is 1. The highest BCUT2D eigenvalue weighted by Crippen LogP contribution is 2.57. The molecule has 4 heteroatoms. The average Bonchev–Trinajstić information content (AvgIpc) is 2.43. The summed E-state index contributed by atoms with van der Waals surface area (Å²) in [7, 11) is 3.10. The first kappa shape index (κ1) is 12.5. The zero-order valence-corrected chi connectivity index (χ0v) is 11.4. The van der Waals surface area contributed by atoms with Gasteiger partial charge >= 0.3 is 0 Å². The van der Waals surface area contributed by atoms with E-state index >= 15 is 0 Å². The first-order valence-electron chi connectivity index (χ1n) is 6.54. The maximum Gasteiger partial charge on any atom is 0.163 e. The van der Waals surface area contributed by atoms with Gasteiger partial charge in [-0.15, -0.1) is 0 Å². The van der Waals surface area contributed by atoms with Crippen LogP contribution in [-0.2, 0) is 5.60 Å². The van der Waals surface area contributed by atoms with Crippen LogP contribution in [-0.4, -0.2) is 25.1 Å². The van der Waals surface area contributed by atoms with Gasteiger partial charge in [0.1, 0.15) is 0 Å². The molecule has 1 N–H and O–H groups in total. The molecule has 0 bridgehead atoms. The van der Waals surface area contributed by atoms with Gasteiger partial charge in [0.05, 0.1) is 19.8 Å². The van der Waals surface area contributed by atoms with Crippen LogP contribution < -0.4 is 9.47 Å². The SMILES string of the molecule is COc1cc2c(cc1OC)[C@@]1(O)[C@@H](CC2=O)C[C@@H]1C. The molecular weight excluding hydrogens is 244 g/mol. The van der Waals surface area contributed by atoms with Crippen LogP contribution in [0.4, 0.5) is 0 Å². The van der Waals surface area contributed by atoms with Crippen LogP contribution in [0, 0.1) is 11.8 Å². The Balaban J connectivity index is 2.21. The molecular formula is C15H18O4. The summed E-state index contributed by atoms with van der Waals surface area (Å²) >= 11 is 0. The van der Waals surface area contributed by atoms with Crippen molar-refractivity contribution in [2.24, 2.45) is 11.8 Å². The highest BCUT2D eigenvalue weighted by Gasteiger charge is 2.57. The lowest BCUT2D eigenvalue weighted by Crippen LogP contribution is -2.55. The number of rotatable bonds is 2. The third-order valence-electron chi connectivity index (χ3n) is 4.70. The Hall–Kier alpha value is -1.55. The zero-order valence-electron chi connectivity index (χ0n) is 11.4. The van der Waals surface area contributed by atoms with E-state index in [1.807, 2.05) is 6.92 Å². The molecule has 0 amide bonds. The molecule has 1 aromatic rings. The lowest BCUT2D eigenvalue weighted by molar-refractivity contribution is -0.155. The van der Waals surface area contributed by atoms with Crippen LogP contribution >= 0.6 is 0 Å². The maximum absolute atomic E-state index is 12.2. The summed E-state index contributed by atoms with van der Waals surface area (Å²) in [5, 5.41) is 10.9. The Labute approximate surface area is 112 Å². The van der Waals surface area contributed by atoms with E-state index in [0.29, 0.717) is 29.0 Å². The first-order valence-corrected chi connectivity index (χ1v) is 6.54. The zero-order chi connectivity index (χ0) is 13.8. The Morgan fingerprint density at radius 3 is 2.47 bits per heavy atom. The number of carbonyl (C=O) groups excluding carboxylic acids is 1. The van der Waals surface area contributed by atoms with E-state index in [0.717, 1.165) is 6.42 Å². The van der Waals surface area contributed by atoms with E-state index in [1.54, 1.807) is 26.4 Å². The molecule has 2 aliphatic carbocycles. The average molecular weight is 262 g/mol. The van der Waals surface area contributed by atoms with Crippen molar-refractivity contribution >= 4 is 5.78 Å². The van der Waals surface area contributed by atoms with Gasteiger partial charge in [-0.2, -0.15) is 0 Å². The molecule has 0 radical (unpaired) electrons. The number of carbonyl (C=O) groups is 1. The molecule has 0 aromatic heterocycles. The summed E-state index contributed by atoms with van der Waals surface area (Å²) in [6, 6.07) is 3.45. The number of hydrogen-bond acceptors (Lipinski definition) is 4. The van der Waals surface area contributed by atoms with Gasteiger partial charge in [0.15, 0.2) is 17.3 Å². The fraction of sp³-hybridized carbons (Fsp3) is 0.533. The molecule has 3 rings (SSSR count). The summed E-state index contributed by atoms with van der Waals surface area (Å²) in [5.41, 5.74) is 0.385. The van der Waals surface area contributed by atoms with Gasteiger partial charge in [-0.3, -0.25) is 4.79 Å². The number of fused-ring (bicyclic) bond motifs is 3. The van der Waals surface area contributed by atoms with Crippen LogP contribution in [0.3, 0.4) is 0 Å². The van der Waals surface area contributed by atoms with E-state index in [1.165, 1.54) is 0 Å². The van der Waals surface area contributed by atoms with Gasteiger partial charge in [0, 0.05) is 12.0 Å². The fourth-order valence-corrected chi connectivity index (χ4v) is 3.53. The number of ether oxygens (including phenoxy) is 2. The quantitative estimate of drug-likeness (QED) is 0.887. The number of ketones is 1. The van der Waals surface area contributed by atoms with Crippen LogP contribution in [0.15, 0.2) is 12.1 Å². The fourth-order valence-electron chi connectivity index (χ4n) is 3.53. The van der Waals surface area contributed by atoms with Crippen molar-refractivity contribution in [3.05, 3.63) is 23.3 Å². The number of aliphatic hydroxyl groups is 1. The molecule has 0 saturated heterocycles. The first-order chi connectivity index (χ1) is 9.02.